The fraction of sp³-hybridized carbons (Fsp3) is 0.385. The number of rotatable bonds is 6. The van der Waals surface area contributed by atoms with Crippen LogP contribution in [0.4, 0.5) is 10.1 Å². The summed E-state index contributed by atoms with van der Waals surface area (Å²) in [5, 5.41) is 11.6. The molecule has 1 unspecified atom stereocenters. The minimum absolute atomic E-state index is 0.0103. The zero-order valence-electron chi connectivity index (χ0n) is 11.2. The molecular weight excluding hydrogens is 287 g/mol. The van der Waals surface area contributed by atoms with Gasteiger partial charge >= 0.3 is 5.97 Å². The number of carboxylic acids is 1. The highest BCUT2D eigenvalue weighted by Gasteiger charge is 2.22. The summed E-state index contributed by atoms with van der Waals surface area (Å²) in [6.07, 6.45) is 0.369. The molecule has 0 saturated carbocycles. The Kier molecular flexibility index (Phi) is 5.91. The first kappa shape index (κ1) is 16.4. The highest BCUT2D eigenvalue weighted by molar-refractivity contribution is 6.30. The van der Waals surface area contributed by atoms with Crippen LogP contribution >= 0.6 is 11.6 Å². The van der Waals surface area contributed by atoms with Gasteiger partial charge in [0.25, 0.3) is 0 Å². The summed E-state index contributed by atoms with van der Waals surface area (Å²) >= 11 is 5.61. The first-order valence-corrected chi connectivity index (χ1v) is 6.41. The lowest BCUT2D eigenvalue weighted by Crippen LogP contribution is -2.42. The predicted molar refractivity (Wildman–Crippen MR) is 74.4 cm³/mol. The monoisotopic (exact) mass is 302 g/mol. The molecule has 2 N–H and O–H groups in total. The summed E-state index contributed by atoms with van der Waals surface area (Å²) in [5.74, 6) is -2.13. The van der Waals surface area contributed by atoms with Crippen LogP contribution in [0.2, 0.25) is 5.02 Å². The van der Waals surface area contributed by atoms with E-state index in [1.54, 1.807) is 6.92 Å². The minimum Gasteiger partial charge on any atom is -0.480 e. The van der Waals surface area contributed by atoms with Crippen molar-refractivity contribution >= 4 is 29.2 Å². The summed E-state index contributed by atoms with van der Waals surface area (Å²) in [6.45, 7) is 1.57. The molecule has 0 bridgehead atoms. The van der Waals surface area contributed by atoms with Gasteiger partial charge in [0.1, 0.15) is 11.9 Å². The van der Waals surface area contributed by atoms with Crippen molar-refractivity contribution in [2.45, 2.75) is 19.4 Å². The first-order valence-electron chi connectivity index (χ1n) is 6.03. The van der Waals surface area contributed by atoms with Crippen molar-refractivity contribution in [2.75, 3.05) is 18.9 Å². The highest BCUT2D eigenvalue weighted by atomic mass is 35.5. The van der Waals surface area contributed by atoms with Crippen molar-refractivity contribution in [3.8, 4) is 0 Å². The van der Waals surface area contributed by atoms with Gasteiger partial charge in [-0.25, -0.2) is 4.39 Å². The Balaban J connectivity index is 2.65. The molecule has 1 rings (SSSR count). The Bertz CT molecular complexity index is 510. The lowest BCUT2D eigenvalue weighted by molar-refractivity contribution is -0.143. The van der Waals surface area contributed by atoms with Crippen LogP contribution in [0.5, 0.6) is 0 Å². The van der Waals surface area contributed by atoms with Gasteiger partial charge in [0.15, 0.2) is 0 Å². The number of amides is 1. The summed E-state index contributed by atoms with van der Waals surface area (Å²) < 4.78 is 13.5. The summed E-state index contributed by atoms with van der Waals surface area (Å²) in [5.41, 5.74) is 0.0103. The third-order valence-electron chi connectivity index (χ3n) is 2.80. The van der Waals surface area contributed by atoms with Gasteiger partial charge < -0.3 is 10.4 Å². The average Bonchev–Trinajstić information content (AvgIpc) is 2.33. The molecule has 1 atom stereocenters. The number of nitrogens with one attached hydrogen (secondary N) is 1. The molecule has 0 aliphatic rings. The van der Waals surface area contributed by atoms with Crippen LogP contribution in [0.1, 0.15) is 13.3 Å². The number of halogens is 2. The van der Waals surface area contributed by atoms with E-state index in [9.17, 15) is 14.0 Å². The smallest absolute Gasteiger partial charge is 0.320 e. The number of anilines is 1. The molecule has 1 amide bonds. The SMILES string of the molecule is CCC(C(=O)O)N(C)CC(=O)Nc1ccc(Cl)cc1F. The van der Waals surface area contributed by atoms with Crippen molar-refractivity contribution in [3.05, 3.63) is 29.0 Å². The molecule has 5 nitrogen and oxygen atoms in total. The van der Waals surface area contributed by atoms with Gasteiger partial charge in [0, 0.05) is 5.02 Å². The fourth-order valence-corrected chi connectivity index (χ4v) is 1.95. The minimum atomic E-state index is -1.000. The Morgan fingerprint density at radius 1 is 1.50 bits per heavy atom. The molecule has 0 radical (unpaired) electrons. The number of carbonyl (C=O) groups is 2. The van der Waals surface area contributed by atoms with E-state index in [0.717, 1.165) is 6.07 Å². The number of hydrogen-bond acceptors (Lipinski definition) is 3. The van der Waals surface area contributed by atoms with Gasteiger partial charge in [0.2, 0.25) is 5.91 Å². The Hall–Kier alpha value is -1.66. The van der Waals surface area contributed by atoms with E-state index >= 15 is 0 Å². The van der Waals surface area contributed by atoms with Crippen LogP contribution in [-0.2, 0) is 9.59 Å². The van der Waals surface area contributed by atoms with Crippen LogP contribution in [-0.4, -0.2) is 41.5 Å². The lowest BCUT2D eigenvalue weighted by Gasteiger charge is -2.22. The average molecular weight is 303 g/mol. The number of aliphatic carboxylic acids is 1. The zero-order chi connectivity index (χ0) is 15.3. The quantitative estimate of drug-likeness (QED) is 0.845. The summed E-state index contributed by atoms with van der Waals surface area (Å²) in [7, 11) is 1.53. The fourth-order valence-electron chi connectivity index (χ4n) is 1.79. The maximum Gasteiger partial charge on any atom is 0.320 e. The molecule has 1 aromatic rings. The number of nitrogens with zero attached hydrogens (tertiary/aromatic N) is 1. The molecule has 0 heterocycles. The molecule has 0 aromatic heterocycles. The molecule has 0 aliphatic carbocycles. The van der Waals surface area contributed by atoms with Crippen LogP contribution < -0.4 is 5.32 Å². The summed E-state index contributed by atoms with van der Waals surface area (Å²) in [6, 6.07) is 3.14. The maximum absolute atomic E-state index is 13.5. The molecule has 1 aromatic carbocycles. The van der Waals surface area contributed by atoms with E-state index in [0.29, 0.717) is 6.42 Å². The second-order valence-electron chi connectivity index (χ2n) is 4.35. The van der Waals surface area contributed by atoms with E-state index in [1.807, 2.05) is 0 Å². The lowest BCUT2D eigenvalue weighted by atomic mass is 10.2. The highest BCUT2D eigenvalue weighted by Crippen LogP contribution is 2.18. The van der Waals surface area contributed by atoms with Crippen molar-refractivity contribution in [1.29, 1.82) is 0 Å². The van der Waals surface area contributed by atoms with E-state index in [4.69, 9.17) is 16.7 Å². The third-order valence-corrected chi connectivity index (χ3v) is 3.04. The largest absolute Gasteiger partial charge is 0.480 e. The van der Waals surface area contributed by atoms with E-state index in [2.05, 4.69) is 5.32 Å². The number of hydrogen-bond donors (Lipinski definition) is 2. The standard InChI is InChI=1S/C13H16ClFN2O3/c1-3-11(13(19)20)17(2)7-12(18)16-10-5-4-8(14)6-9(10)15/h4-6,11H,3,7H2,1-2H3,(H,16,18)(H,19,20). The normalized spacial score (nSPS) is 12.2. The Morgan fingerprint density at radius 2 is 2.15 bits per heavy atom. The van der Waals surface area contributed by atoms with E-state index in [1.165, 1.54) is 24.1 Å². The summed E-state index contributed by atoms with van der Waals surface area (Å²) in [4.78, 5) is 24.1. The Labute approximate surface area is 121 Å². The van der Waals surface area contributed by atoms with Gasteiger partial charge in [0.05, 0.1) is 12.2 Å². The number of benzene rings is 1. The number of carboxylic acid groups (broad SMARTS) is 1. The van der Waals surface area contributed by atoms with Crippen LogP contribution in [0.25, 0.3) is 0 Å². The van der Waals surface area contributed by atoms with E-state index in [-0.39, 0.29) is 17.3 Å². The van der Waals surface area contributed by atoms with Gasteiger partial charge in [-0.2, -0.15) is 0 Å². The topological polar surface area (TPSA) is 69.6 Å². The van der Waals surface area contributed by atoms with E-state index < -0.39 is 23.7 Å². The molecule has 7 heteroatoms. The van der Waals surface area contributed by atoms with Crippen LogP contribution in [0.3, 0.4) is 0 Å². The first-order chi connectivity index (χ1) is 9.35. The van der Waals surface area contributed by atoms with Gasteiger partial charge in [-0.1, -0.05) is 18.5 Å². The maximum atomic E-state index is 13.5. The van der Waals surface area contributed by atoms with Crippen molar-refractivity contribution in [2.24, 2.45) is 0 Å². The number of likely N-dealkylation sites (N-methyl/N-ethyl adjacent to an activating group) is 1. The van der Waals surface area contributed by atoms with Gasteiger partial charge in [-0.3, -0.25) is 14.5 Å². The van der Waals surface area contributed by atoms with Crippen molar-refractivity contribution in [3.63, 3.8) is 0 Å². The molecular formula is C13H16ClFN2O3. The van der Waals surface area contributed by atoms with Crippen LogP contribution in [0, 0.1) is 5.82 Å². The second kappa shape index (κ2) is 7.21. The molecule has 0 spiro atoms. The number of carbonyl (C=O) groups excluding carboxylic acids is 1. The molecule has 0 aliphatic heterocycles. The van der Waals surface area contributed by atoms with Gasteiger partial charge in [-0.05, 0) is 31.7 Å². The second-order valence-corrected chi connectivity index (χ2v) is 4.79. The predicted octanol–water partition coefficient (Wildman–Crippen LogP) is 2.21. The zero-order valence-corrected chi connectivity index (χ0v) is 11.9. The third kappa shape index (κ3) is 4.47. The van der Waals surface area contributed by atoms with Crippen molar-refractivity contribution < 1.29 is 19.1 Å². The van der Waals surface area contributed by atoms with Crippen LogP contribution in [0.15, 0.2) is 18.2 Å². The van der Waals surface area contributed by atoms with Crippen molar-refractivity contribution in [1.82, 2.24) is 4.90 Å². The molecule has 0 saturated heterocycles. The Morgan fingerprint density at radius 3 is 2.65 bits per heavy atom. The van der Waals surface area contributed by atoms with Gasteiger partial charge in [-0.15, -0.1) is 0 Å². The molecule has 20 heavy (non-hydrogen) atoms. The molecule has 0 fully saturated rings. The molecule has 110 valence electrons.